The van der Waals surface area contributed by atoms with Gasteiger partial charge in [-0.2, -0.15) is 5.10 Å². The van der Waals surface area contributed by atoms with Gasteiger partial charge in [0.25, 0.3) is 0 Å². The second-order valence-electron chi connectivity index (χ2n) is 4.80. The number of halogens is 1. The van der Waals surface area contributed by atoms with Gasteiger partial charge in [-0.3, -0.25) is 9.67 Å². The van der Waals surface area contributed by atoms with Crippen LogP contribution in [0.15, 0.2) is 17.4 Å². The van der Waals surface area contributed by atoms with Gasteiger partial charge in [-0.25, -0.2) is 4.39 Å². The summed E-state index contributed by atoms with van der Waals surface area (Å²) in [4.78, 5) is 4.41. The van der Waals surface area contributed by atoms with Gasteiger partial charge in [0.15, 0.2) is 0 Å². The number of aromatic nitrogens is 2. The lowest BCUT2D eigenvalue weighted by atomic mass is 9.91. The van der Waals surface area contributed by atoms with E-state index in [9.17, 15) is 4.39 Å². The maximum absolute atomic E-state index is 12.6. The Morgan fingerprint density at radius 1 is 1.61 bits per heavy atom. The first kappa shape index (κ1) is 12.2. The molecule has 0 saturated carbocycles. The first-order valence-corrected chi connectivity index (χ1v) is 7.10. The minimum absolute atomic E-state index is 0.114. The zero-order valence-corrected chi connectivity index (χ0v) is 11.1. The van der Waals surface area contributed by atoms with Gasteiger partial charge in [-0.1, -0.05) is 0 Å². The molecule has 2 aliphatic rings. The van der Waals surface area contributed by atoms with Crippen molar-refractivity contribution >= 4 is 16.8 Å². The number of hydrogen-bond donors (Lipinski definition) is 0. The van der Waals surface area contributed by atoms with Crippen LogP contribution in [0.2, 0.25) is 0 Å². The Hall–Kier alpha value is -0.880. The van der Waals surface area contributed by atoms with Crippen LogP contribution in [0.1, 0.15) is 18.1 Å². The molecule has 0 N–H and O–H groups in total. The number of alkyl halides is 1. The Balaban J connectivity index is 1.70. The Labute approximate surface area is 110 Å². The highest BCUT2D eigenvalue weighted by atomic mass is 32.2. The standard InChI is InChI=1S/C12H16FN3OS/c1-16-5-9(4-14-16)11-2-8-7-18-12(3-13)15-10(8)6-17-11/h4-5,8,10-11H,2-3,6-7H2,1H3. The smallest absolute Gasteiger partial charge is 0.137 e. The van der Waals surface area contributed by atoms with Crippen molar-refractivity contribution in [3.63, 3.8) is 0 Å². The SMILES string of the molecule is Cn1cc(C2CC3CSC(CF)=NC3CO2)cn1. The zero-order chi connectivity index (χ0) is 12.5. The minimum atomic E-state index is -0.445. The first-order chi connectivity index (χ1) is 8.76. The summed E-state index contributed by atoms with van der Waals surface area (Å²) < 4.78 is 20.2. The van der Waals surface area contributed by atoms with Crippen LogP contribution in [0.3, 0.4) is 0 Å². The van der Waals surface area contributed by atoms with Crippen molar-refractivity contribution in [2.45, 2.75) is 18.6 Å². The van der Waals surface area contributed by atoms with Crippen molar-refractivity contribution in [2.75, 3.05) is 19.0 Å². The molecule has 3 atom stereocenters. The summed E-state index contributed by atoms with van der Waals surface area (Å²) in [6.07, 6.45) is 4.92. The van der Waals surface area contributed by atoms with Gasteiger partial charge >= 0.3 is 0 Å². The molecule has 1 aromatic rings. The molecule has 1 fully saturated rings. The maximum Gasteiger partial charge on any atom is 0.137 e. The number of nitrogens with zero attached hydrogens (tertiary/aromatic N) is 3. The summed E-state index contributed by atoms with van der Waals surface area (Å²) in [5.74, 6) is 1.44. The first-order valence-electron chi connectivity index (χ1n) is 6.12. The van der Waals surface area contributed by atoms with E-state index < -0.39 is 6.67 Å². The molecule has 0 bridgehead atoms. The molecule has 98 valence electrons. The second-order valence-corrected chi connectivity index (χ2v) is 5.89. The van der Waals surface area contributed by atoms with Crippen molar-refractivity contribution in [2.24, 2.45) is 18.0 Å². The molecular weight excluding hydrogens is 253 g/mol. The quantitative estimate of drug-likeness (QED) is 0.824. The number of hydrogen-bond acceptors (Lipinski definition) is 4. The number of fused-ring (bicyclic) bond motifs is 1. The molecule has 3 unspecified atom stereocenters. The van der Waals surface area contributed by atoms with Crippen molar-refractivity contribution in [1.82, 2.24) is 9.78 Å². The molecule has 0 radical (unpaired) electrons. The van der Waals surface area contributed by atoms with Gasteiger partial charge in [0.2, 0.25) is 0 Å². The molecule has 18 heavy (non-hydrogen) atoms. The fourth-order valence-electron chi connectivity index (χ4n) is 2.51. The fraction of sp³-hybridized carbons (Fsp3) is 0.667. The van der Waals surface area contributed by atoms with E-state index in [2.05, 4.69) is 10.1 Å². The monoisotopic (exact) mass is 269 g/mol. The molecule has 6 heteroatoms. The van der Waals surface area contributed by atoms with Crippen molar-refractivity contribution in [1.29, 1.82) is 0 Å². The van der Waals surface area contributed by atoms with Gasteiger partial charge in [-0.15, -0.1) is 11.8 Å². The normalized spacial score (nSPS) is 31.9. The molecule has 0 aromatic carbocycles. The van der Waals surface area contributed by atoms with Crippen LogP contribution >= 0.6 is 11.8 Å². The van der Waals surface area contributed by atoms with Crippen molar-refractivity contribution in [3.8, 4) is 0 Å². The van der Waals surface area contributed by atoms with Crippen LogP contribution in [0.25, 0.3) is 0 Å². The summed E-state index contributed by atoms with van der Waals surface area (Å²) >= 11 is 1.55. The van der Waals surface area contributed by atoms with Crippen LogP contribution in [-0.2, 0) is 11.8 Å². The van der Waals surface area contributed by atoms with E-state index >= 15 is 0 Å². The van der Waals surface area contributed by atoms with Crippen LogP contribution in [-0.4, -0.2) is 39.9 Å². The lowest BCUT2D eigenvalue weighted by Gasteiger charge is -2.36. The third kappa shape index (κ3) is 2.31. The number of rotatable bonds is 2. The van der Waals surface area contributed by atoms with Crippen molar-refractivity contribution < 1.29 is 9.13 Å². The zero-order valence-electron chi connectivity index (χ0n) is 10.3. The van der Waals surface area contributed by atoms with E-state index in [1.807, 2.05) is 19.4 Å². The van der Waals surface area contributed by atoms with Gasteiger partial charge < -0.3 is 4.74 Å². The maximum atomic E-state index is 12.6. The highest BCUT2D eigenvalue weighted by Gasteiger charge is 2.35. The van der Waals surface area contributed by atoms with Crippen LogP contribution in [0.5, 0.6) is 0 Å². The Morgan fingerprint density at radius 3 is 3.22 bits per heavy atom. The molecule has 3 heterocycles. The summed E-state index contributed by atoms with van der Waals surface area (Å²) in [7, 11) is 1.91. The van der Waals surface area contributed by atoms with E-state index in [1.54, 1.807) is 16.4 Å². The third-order valence-corrected chi connectivity index (χ3v) is 4.66. The molecule has 0 spiro atoms. The Morgan fingerprint density at radius 2 is 2.50 bits per heavy atom. The van der Waals surface area contributed by atoms with Gasteiger partial charge in [0.1, 0.15) is 6.67 Å². The summed E-state index contributed by atoms with van der Waals surface area (Å²) in [5, 5.41) is 4.80. The predicted octanol–water partition coefficient (Wildman–Crippen LogP) is 1.98. The highest BCUT2D eigenvalue weighted by molar-refractivity contribution is 8.14. The van der Waals surface area contributed by atoms with Gasteiger partial charge in [0, 0.05) is 24.6 Å². The lowest BCUT2D eigenvalue weighted by molar-refractivity contribution is -0.0177. The Bertz CT molecular complexity index is 462. The highest BCUT2D eigenvalue weighted by Crippen LogP contribution is 2.37. The van der Waals surface area contributed by atoms with E-state index in [0.29, 0.717) is 17.6 Å². The second kappa shape index (κ2) is 5.01. The van der Waals surface area contributed by atoms with Gasteiger partial charge in [-0.05, 0) is 12.3 Å². The molecular formula is C12H16FN3OS. The fourth-order valence-corrected chi connectivity index (χ4v) is 3.56. The Kier molecular flexibility index (Phi) is 3.39. The minimum Gasteiger partial charge on any atom is -0.371 e. The molecule has 2 aliphatic heterocycles. The number of aryl methyl sites for hydroxylation is 1. The van der Waals surface area contributed by atoms with Crippen LogP contribution in [0, 0.1) is 5.92 Å². The number of thioether (sulfide) groups is 1. The van der Waals surface area contributed by atoms with E-state index in [1.165, 1.54) is 0 Å². The van der Waals surface area contributed by atoms with Crippen molar-refractivity contribution in [3.05, 3.63) is 18.0 Å². The average molecular weight is 269 g/mol. The molecule has 0 aliphatic carbocycles. The van der Waals surface area contributed by atoms with E-state index in [0.717, 1.165) is 17.7 Å². The van der Waals surface area contributed by atoms with E-state index in [-0.39, 0.29) is 12.1 Å². The van der Waals surface area contributed by atoms with Gasteiger partial charge in [0.05, 0.1) is 30.0 Å². The summed E-state index contributed by atoms with van der Waals surface area (Å²) in [6.45, 7) is 0.147. The molecule has 1 saturated heterocycles. The summed E-state index contributed by atoms with van der Waals surface area (Å²) in [6, 6.07) is 0.143. The number of ether oxygens (including phenoxy) is 1. The van der Waals surface area contributed by atoms with Crippen LogP contribution in [0.4, 0.5) is 4.39 Å². The number of aliphatic imine (C=N–C) groups is 1. The molecule has 0 amide bonds. The largest absolute Gasteiger partial charge is 0.371 e. The lowest BCUT2D eigenvalue weighted by Crippen LogP contribution is -2.37. The summed E-state index contributed by atoms with van der Waals surface area (Å²) in [5.41, 5.74) is 1.13. The van der Waals surface area contributed by atoms with E-state index in [4.69, 9.17) is 4.74 Å². The topological polar surface area (TPSA) is 39.4 Å². The average Bonchev–Trinajstić information content (AvgIpc) is 2.84. The molecule has 1 aromatic heterocycles. The molecule has 4 nitrogen and oxygen atoms in total. The molecule has 3 rings (SSSR count). The predicted molar refractivity (Wildman–Crippen MR) is 69.7 cm³/mol. The third-order valence-electron chi connectivity index (χ3n) is 3.51. The van der Waals surface area contributed by atoms with Crippen LogP contribution < -0.4 is 0 Å².